The quantitative estimate of drug-likeness (QED) is 0.583. The highest BCUT2D eigenvalue weighted by molar-refractivity contribution is 5.84. The lowest BCUT2D eigenvalue weighted by molar-refractivity contribution is 0.980. The van der Waals surface area contributed by atoms with Gasteiger partial charge in [0.25, 0.3) is 5.84 Å². The standard InChI is InChI=1S/C7H12N2/c1-3-6-5-8-7(4-2)9-6/h5,9H,3-4H2,1-2H3/q+1. The molecule has 0 aromatic heterocycles. The number of aliphatic imine (C=N–C) groups is 1. The summed E-state index contributed by atoms with van der Waals surface area (Å²) in [6, 6.07) is 0. The van der Waals surface area contributed by atoms with Crippen LogP contribution in [0.15, 0.2) is 11.9 Å². The Morgan fingerprint density at radius 3 is 2.56 bits per heavy atom. The second kappa shape index (κ2) is 2.67. The minimum Gasteiger partial charge on any atom is -0.242 e. The largest absolute Gasteiger partial charge is 0.296 e. The molecule has 1 heterocycles. The average Bonchev–Trinajstić information content (AvgIpc) is 2.34. The van der Waals surface area contributed by atoms with E-state index in [9.17, 15) is 0 Å². The fourth-order valence-electron chi connectivity index (χ4n) is 0.765. The molecule has 0 fully saturated rings. The second-order valence-corrected chi connectivity index (χ2v) is 2.06. The average molecular weight is 124 g/mol. The van der Waals surface area contributed by atoms with Crippen LogP contribution in [0.5, 0.6) is 0 Å². The van der Waals surface area contributed by atoms with Gasteiger partial charge in [0.05, 0.1) is 6.42 Å². The number of amidine groups is 1. The summed E-state index contributed by atoms with van der Waals surface area (Å²) in [5.41, 5.74) is 1.23. The van der Waals surface area contributed by atoms with Crippen molar-refractivity contribution in [2.75, 3.05) is 0 Å². The van der Waals surface area contributed by atoms with E-state index in [2.05, 4.69) is 24.2 Å². The van der Waals surface area contributed by atoms with Gasteiger partial charge in [0.15, 0.2) is 6.20 Å². The predicted octanol–water partition coefficient (Wildman–Crippen LogP) is 0.985. The van der Waals surface area contributed by atoms with Crippen molar-refractivity contribution in [3.63, 3.8) is 0 Å². The lowest BCUT2D eigenvalue weighted by Gasteiger charge is -1.89. The van der Waals surface area contributed by atoms with E-state index in [1.54, 1.807) is 0 Å². The van der Waals surface area contributed by atoms with Gasteiger partial charge in [0.2, 0.25) is 0 Å². The molecule has 9 heavy (non-hydrogen) atoms. The van der Waals surface area contributed by atoms with E-state index in [0.717, 1.165) is 18.7 Å². The van der Waals surface area contributed by atoms with Gasteiger partial charge in [0, 0.05) is 6.42 Å². The van der Waals surface area contributed by atoms with Crippen LogP contribution in [0.2, 0.25) is 0 Å². The van der Waals surface area contributed by atoms with Crippen molar-refractivity contribution >= 4 is 5.84 Å². The van der Waals surface area contributed by atoms with Gasteiger partial charge in [-0.3, -0.25) is 0 Å². The van der Waals surface area contributed by atoms with E-state index in [-0.39, 0.29) is 0 Å². The monoisotopic (exact) mass is 124 g/mol. The summed E-state index contributed by atoms with van der Waals surface area (Å²) >= 11 is 0. The van der Waals surface area contributed by atoms with E-state index in [0.29, 0.717) is 0 Å². The molecule has 1 aliphatic heterocycles. The van der Waals surface area contributed by atoms with Crippen molar-refractivity contribution in [2.45, 2.75) is 26.7 Å². The Balaban J connectivity index is 2.43. The Morgan fingerprint density at radius 1 is 1.44 bits per heavy atom. The summed E-state index contributed by atoms with van der Waals surface area (Å²) in [4.78, 5) is 4.15. The van der Waals surface area contributed by atoms with Gasteiger partial charge < -0.3 is 0 Å². The number of allylic oxidation sites excluding steroid dienone is 1. The van der Waals surface area contributed by atoms with Gasteiger partial charge in [-0.2, -0.15) is 0 Å². The third kappa shape index (κ3) is 1.31. The number of hydrogen-bond donors (Lipinski definition) is 1. The Morgan fingerprint density at radius 2 is 2.22 bits per heavy atom. The first-order valence-corrected chi connectivity index (χ1v) is 3.39. The molecule has 0 amide bonds. The third-order valence-electron chi connectivity index (χ3n) is 1.40. The van der Waals surface area contributed by atoms with Crippen molar-refractivity contribution in [3.8, 4) is 0 Å². The maximum Gasteiger partial charge on any atom is 0.296 e. The highest BCUT2D eigenvalue weighted by atomic mass is 15.0. The molecule has 0 aromatic carbocycles. The van der Waals surface area contributed by atoms with Crippen molar-refractivity contribution in [3.05, 3.63) is 11.9 Å². The summed E-state index contributed by atoms with van der Waals surface area (Å²) in [6.07, 6.45) is 3.95. The summed E-state index contributed by atoms with van der Waals surface area (Å²) in [5, 5.41) is 3.20. The number of rotatable bonds is 2. The van der Waals surface area contributed by atoms with E-state index < -0.39 is 0 Å². The van der Waals surface area contributed by atoms with Crippen molar-refractivity contribution in [1.29, 1.82) is 0 Å². The van der Waals surface area contributed by atoms with E-state index in [1.165, 1.54) is 5.70 Å². The molecule has 2 nitrogen and oxygen atoms in total. The highest BCUT2D eigenvalue weighted by Gasteiger charge is 2.14. The second-order valence-electron chi connectivity index (χ2n) is 2.06. The normalized spacial score (nSPS) is 16.7. The Labute approximate surface area is 55.7 Å². The predicted molar refractivity (Wildman–Crippen MR) is 38.9 cm³/mol. The summed E-state index contributed by atoms with van der Waals surface area (Å²) in [6.45, 7) is 4.21. The van der Waals surface area contributed by atoms with Gasteiger partial charge in [-0.1, -0.05) is 18.8 Å². The van der Waals surface area contributed by atoms with Crippen LogP contribution >= 0.6 is 0 Å². The third-order valence-corrected chi connectivity index (χ3v) is 1.40. The summed E-state index contributed by atoms with van der Waals surface area (Å²) in [7, 11) is 0. The molecule has 1 N–H and O–H groups in total. The first-order valence-electron chi connectivity index (χ1n) is 3.39. The number of nitrogens with one attached hydrogen (secondary N) is 1. The minimum atomic E-state index is 1.00. The molecule has 1 rings (SSSR count). The van der Waals surface area contributed by atoms with E-state index >= 15 is 0 Å². The van der Waals surface area contributed by atoms with Gasteiger partial charge >= 0.3 is 0 Å². The molecular formula is C7H12N2+. The van der Waals surface area contributed by atoms with Crippen molar-refractivity contribution in [1.82, 2.24) is 10.3 Å². The first kappa shape index (κ1) is 6.33. The fourth-order valence-corrected chi connectivity index (χ4v) is 0.765. The molecule has 0 unspecified atom stereocenters. The molecule has 0 bridgehead atoms. The van der Waals surface area contributed by atoms with Gasteiger partial charge in [-0.05, 0) is 0 Å². The van der Waals surface area contributed by atoms with Crippen LogP contribution < -0.4 is 10.3 Å². The molecule has 0 saturated carbocycles. The summed E-state index contributed by atoms with van der Waals surface area (Å²) < 4.78 is 0. The maximum absolute atomic E-state index is 4.15. The van der Waals surface area contributed by atoms with Gasteiger partial charge in [-0.15, -0.1) is 0 Å². The minimum absolute atomic E-state index is 1.00. The van der Waals surface area contributed by atoms with Crippen molar-refractivity contribution in [2.24, 2.45) is 0 Å². The molecule has 49 valence electrons. The molecule has 1 aliphatic rings. The van der Waals surface area contributed by atoms with Crippen LogP contribution in [-0.2, 0) is 0 Å². The Bertz CT molecular complexity index is 138. The SMILES string of the molecule is CCC1=C[N+]=C(CC)N1. The van der Waals surface area contributed by atoms with Crippen LogP contribution in [0.1, 0.15) is 26.7 Å². The molecule has 0 saturated heterocycles. The lowest BCUT2D eigenvalue weighted by atomic mass is 10.3. The van der Waals surface area contributed by atoms with Crippen LogP contribution in [0.3, 0.4) is 0 Å². The summed E-state index contributed by atoms with van der Waals surface area (Å²) in [5.74, 6) is 1.09. The molecule has 0 spiro atoms. The Kier molecular flexibility index (Phi) is 1.88. The van der Waals surface area contributed by atoms with E-state index in [1.807, 2.05) is 6.20 Å². The molecule has 0 aromatic rings. The van der Waals surface area contributed by atoms with Crippen molar-refractivity contribution < 1.29 is 0 Å². The van der Waals surface area contributed by atoms with E-state index in [4.69, 9.17) is 0 Å². The Hall–Kier alpha value is -0.790. The van der Waals surface area contributed by atoms with Crippen LogP contribution in [0.4, 0.5) is 0 Å². The van der Waals surface area contributed by atoms with Crippen LogP contribution in [0.25, 0.3) is 0 Å². The zero-order chi connectivity index (χ0) is 6.69. The number of nitrogens with zero attached hydrogens (tertiary/aromatic N) is 1. The van der Waals surface area contributed by atoms with Crippen LogP contribution in [-0.4, -0.2) is 5.84 Å². The zero-order valence-corrected chi connectivity index (χ0v) is 5.94. The molecule has 2 heteroatoms. The molecule has 0 aliphatic carbocycles. The number of hydrogen-bond acceptors (Lipinski definition) is 2. The molecule has 0 atom stereocenters. The lowest BCUT2D eigenvalue weighted by Crippen LogP contribution is -2.18. The van der Waals surface area contributed by atoms with Crippen LogP contribution in [0, 0.1) is 0 Å². The smallest absolute Gasteiger partial charge is 0.242 e. The fraction of sp³-hybridized carbons (Fsp3) is 0.571. The van der Waals surface area contributed by atoms with Gasteiger partial charge in [0.1, 0.15) is 5.70 Å². The van der Waals surface area contributed by atoms with Gasteiger partial charge in [-0.25, -0.2) is 5.32 Å². The highest BCUT2D eigenvalue weighted by Crippen LogP contribution is 1.98. The molecule has 1 radical (unpaired) electrons. The zero-order valence-electron chi connectivity index (χ0n) is 5.94. The molecular weight excluding hydrogens is 112 g/mol. The first-order chi connectivity index (χ1) is 4.36. The topological polar surface area (TPSA) is 26.1 Å². The maximum atomic E-state index is 4.15.